The largest absolute Gasteiger partial charge is 0.131 e. The van der Waals surface area contributed by atoms with Crippen LogP contribution in [-0.2, 0) is 6.16 Å². The molecule has 0 amide bonds. The van der Waals surface area contributed by atoms with Crippen LogP contribution in [0, 0.1) is 5.92 Å². The van der Waals surface area contributed by atoms with Crippen molar-refractivity contribution in [1.82, 2.24) is 0 Å². The van der Waals surface area contributed by atoms with Gasteiger partial charge in [-0.3, -0.25) is 0 Å². The van der Waals surface area contributed by atoms with Crippen molar-refractivity contribution in [2.24, 2.45) is 5.92 Å². The number of rotatable bonds is 2. The molecule has 0 spiro atoms. The molecule has 0 saturated heterocycles. The highest BCUT2D eigenvalue weighted by Gasteiger charge is 2.21. The van der Waals surface area contributed by atoms with E-state index >= 15 is 0 Å². The molecule has 1 aromatic rings. The third-order valence-corrected chi connectivity index (χ3v) is 5.10. The molecule has 1 heterocycles. The van der Waals surface area contributed by atoms with Gasteiger partial charge in [0.05, 0.1) is 13.3 Å². The zero-order valence-corrected chi connectivity index (χ0v) is 9.00. The Balaban J connectivity index is 2.03. The van der Waals surface area contributed by atoms with Crippen LogP contribution in [-0.4, -0.2) is 12.0 Å². The van der Waals surface area contributed by atoms with Crippen molar-refractivity contribution in [2.75, 3.05) is 6.16 Å². The van der Waals surface area contributed by atoms with Crippen molar-refractivity contribution in [3.8, 4) is 0 Å². The summed E-state index contributed by atoms with van der Waals surface area (Å²) in [6.45, 7) is 2.34. The van der Waals surface area contributed by atoms with Crippen LogP contribution in [0.3, 0.4) is 0 Å². The molecule has 0 nitrogen and oxygen atoms in total. The minimum atomic E-state index is 0.214. The molecule has 0 bridgehead atoms. The normalized spacial score (nSPS) is 24.4. The van der Waals surface area contributed by atoms with E-state index in [4.69, 9.17) is 0 Å². The third kappa shape index (κ3) is 2.42. The highest BCUT2D eigenvalue weighted by atomic mass is 31.1. The molecule has 0 N–H and O–H groups in total. The van der Waals surface area contributed by atoms with E-state index in [0.29, 0.717) is 0 Å². The van der Waals surface area contributed by atoms with Crippen molar-refractivity contribution < 1.29 is 0 Å². The molecule has 1 aliphatic heterocycles. The third-order valence-electron chi connectivity index (χ3n) is 2.57. The second kappa shape index (κ2) is 4.07. The monoisotopic (exact) mass is 191 g/mol. The lowest BCUT2D eigenvalue weighted by Gasteiger charge is -1.92. The predicted molar refractivity (Wildman–Crippen MR) is 61.8 cm³/mol. The Hall–Kier alpha value is -0.610. The van der Waals surface area contributed by atoms with Crippen LogP contribution in [0.5, 0.6) is 0 Å². The minimum absolute atomic E-state index is 0.214. The van der Waals surface area contributed by atoms with E-state index in [0.717, 1.165) is 5.92 Å². The fourth-order valence-corrected chi connectivity index (χ4v) is 4.53. The molecule has 1 heteroatoms. The molecule has 2 atom stereocenters. The van der Waals surface area contributed by atoms with E-state index in [1.54, 1.807) is 0 Å². The van der Waals surface area contributed by atoms with Crippen molar-refractivity contribution in [3.05, 3.63) is 35.9 Å². The second-order valence-electron chi connectivity index (χ2n) is 3.87. The van der Waals surface area contributed by atoms with E-state index < -0.39 is 0 Å². The maximum atomic E-state index is 2.59. The molecule has 0 aromatic heterocycles. The van der Waals surface area contributed by atoms with Gasteiger partial charge in [0.15, 0.2) is 0 Å². The van der Waals surface area contributed by atoms with Crippen molar-refractivity contribution in [3.63, 3.8) is 0 Å². The summed E-state index contributed by atoms with van der Waals surface area (Å²) in [5.41, 5.74) is 1.51. The summed E-state index contributed by atoms with van der Waals surface area (Å²) in [5.74, 6) is 3.46. The van der Waals surface area contributed by atoms with Gasteiger partial charge in [-0.05, 0) is 12.0 Å². The van der Waals surface area contributed by atoms with Gasteiger partial charge >= 0.3 is 0 Å². The Kier molecular flexibility index (Phi) is 2.80. The van der Waals surface area contributed by atoms with Gasteiger partial charge in [0.2, 0.25) is 0 Å². The van der Waals surface area contributed by atoms with Crippen LogP contribution in [0.1, 0.15) is 18.9 Å². The average molecular weight is 191 g/mol. The fraction of sp³-hybridized carbons (Fsp3) is 0.417. The van der Waals surface area contributed by atoms with Crippen LogP contribution in [0.4, 0.5) is 0 Å². The molecule has 68 valence electrons. The van der Waals surface area contributed by atoms with Gasteiger partial charge in [0.1, 0.15) is 12.3 Å². The van der Waals surface area contributed by atoms with Crippen LogP contribution in [0.15, 0.2) is 30.3 Å². The molecule has 2 rings (SSSR count). The highest BCUT2D eigenvalue weighted by Crippen LogP contribution is 2.36. The van der Waals surface area contributed by atoms with Gasteiger partial charge in [-0.2, -0.15) is 0 Å². The highest BCUT2D eigenvalue weighted by molar-refractivity contribution is 7.56. The van der Waals surface area contributed by atoms with Crippen LogP contribution >= 0.6 is 7.55 Å². The first-order chi connectivity index (χ1) is 6.34. The first-order valence-electron chi connectivity index (χ1n) is 4.97. The first kappa shape index (κ1) is 8.97. The molecular weight excluding hydrogens is 175 g/mol. The Morgan fingerprint density at radius 3 is 2.69 bits per heavy atom. The molecule has 2 unspecified atom stereocenters. The van der Waals surface area contributed by atoms with Crippen molar-refractivity contribution in [1.29, 1.82) is 0 Å². The molecule has 0 fully saturated rings. The van der Waals surface area contributed by atoms with Gasteiger partial charge in [0.25, 0.3) is 0 Å². The summed E-state index contributed by atoms with van der Waals surface area (Å²) in [5, 5.41) is 0. The zero-order chi connectivity index (χ0) is 9.10. The van der Waals surface area contributed by atoms with Gasteiger partial charge < -0.3 is 0 Å². The van der Waals surface area contributed by atoms with Crippen molar-refractivity contribution in [2.45, 2.75) is 19.5 Å². The zero-order valence-electron chi connectivity index (χ0n) is 8.11. The quantitative estimate of drug-likeness (QED) is 0.627. The lowest BCUT2D eigenvalue weighted by Crippen LogP contribution is -1.85. The Bertz CT molecular complexity index is 300. The fourth-order valence-electron chi connectivity index (χ4n) is 1.83. The summed E-state index contributed by atoms with van der Waals surface area (Å²) in [6, 6.07) is 10.9. The maximum absolute atomic E-state index is 2.59. The topological polar surface area (TPSA) is 0 Å². The molecule has 1 aromatic carbocycles. The predicted octanol–water partition coefficient (Wildman–Crippen LogP) is 3.51. The van der Waals surface area contributed by atoms with Crippen LogP contribution in [0.25, 0.3) is 0 Å². The summed E-state index contributed by atoms with van der Waals surface area (Å²) in [7, 11) is 0.214. The maximum Gasteiger partial charge on any atom is 0.131 e. The van der Waals surface area contributed by atoms with Gasteiger partial charge in [-0.25, -0.2) is 0 Å². The summed E-state index contributed by atoms with van der Waals surface area (Å²) in [4.78, 5) is 0. The van der Waals surface area contributed by atoms with Gasteiger partial charge in [0, 0.05) is 5.92 Å². The van der Waals surface area contributed by atoms with Gasteiger partial charge in [-0.1, -0.05) is 37.3 Å². The van der Waals surface area contributed by atoms with E-state index in [-0.39, 0.29) is 7.55 Å². The second-order valence-corrected chi connectivity index (χ2v) is 6.11. The molecule has 0 radical (unpaired) electrons. The van der Waals surface area contributed by atoms with E-state index in [1.165, 1.54) is 24.3 Å². The van der Waals surface area contributed by atoms with Crippen molar-refractivity contribution >= 4 is 13.3 Å². The first-order valence-corrected chi connectivity index (χ1v) is 6.76. The molecule has 0 aliphatic carbocycles. The van der Waals surface area contributed by atoms with E-state index in [9.17, 15) is 0 Å². The summed E-state index contributed by atoms with van der Waals surface area (Å²) >= 11 is 0. The Labute approximate surface area is 81.4 Å². The van der Waals surface area contributed by atoms with Crippen LogP contribution < -0.4 is 0 Å². The standard InChI is InChI=1S/C12H16P/c1-11-7-8-13(9-11)10-12-5-3-2-4-6-12/h2-6,9,11H,7-8,10H2,1H3/q+1. The molecule has 13 heavy (non-hydrogen) atoms. The van der Waals surface area contributed by atoms with E-state index in [1.807, 2.05) is 0 Å². The Morgan fingerprint density at radius 1 is 1.31 bits per heavy atom. The minimum Gasteiger partial charge on any atom is -0.0622 e. The average Bonchev–Trinajstić information content (AvgIpc) is 2.53. The van der Waals surface area contributed by atoms with Gasteiger partial charge in [-0.15, -0.1) is 0 Å². The lowest BCUT2D eigenvalue weighted by atomic mass is 10.2. The molecular formula is C12H16P+. The summed E-state index contributed by atoms with van der Waals surface area (Å²) < 4.78 is 0. The number of benzene rings is 1. The number of hydrogen-bond donors (Lipinski definition) is 0. The lowest BCUT2D eigenvalue weighted by molar-refractivity contribution is 0.781. The Morgan fingerprint density at radius 2 is 2.08 bits per heavy atom. The summed E-state index contributed by atoms with van der Waals surface area (Å²) in [6.07, 6.45) is 4.17. The smallest absolute Gasteiger partial charge is 0.0622 e. The molecule has 1 aliphatic rings. The number of hydrogen-bond acceptors (Lipinski definition) is 0. The van der Waals surface area contributed by atoms with Crippen LogP contribution in [0.2, 0.25) is 0 Å². The SMILES string of the molecule is CC1C=[P+](Cc2ccccc2)CC1. The molecule has 0 saturated carbocycles. The van der Waals surface area contributed by atoms with E-state index in [2.05, 4.69) is 43.1 Å².